The SMILES string of the molecule is CC(C(=O)O)[C@H](C)Nc1nc(-c2[nH]nc3ncc(F)cc23)nc(C2CC2)c1F. The van der Waals surface area contributed by atoms with Gasteiger partial charge < -0.3 is 10.4 Å². The molecule has 3 aromatic heterocycles. The van der Waals surface area contributed by atoms with Crippen molar-refractivity contribution in [3.05, 3.63) is 29.6 Å². The normalized spacial score (nSPS) is 16.1. The first-order valence-corrected chi connectivity index (χ1v) is 8.92. The lowest BCUT2D eigenvalue weighted by Crippen LogP contribution is -2.30. The Bertz CT molecular complexity index is 1070. The first-order valence-electron chi connectivity index (χ1n) is 8.92. The van der Waals surface area contributed by atoms with E-state index in [0.717, 1.165) is 19.0 Å². The third-order valence-electron chi connectivity index (χ3n) is 4.94. The highest BCUT2D eigenvalue weighted by atomic mass is 19.1. The Labute approximate surface area is 158 Å². The average molecular weight is 388 g/mol. The molecule has 8 nitrogen and oxygen atoms in total. The van der Waals surface area contributed by atoms with E-state index in [2.05, 4.69) is 30.5 Å². The molecule has 3 aromatic rings. The third kappa shape index (κ3) is 3.25. The number of hydrogen-bond acceptors (Lipinski definition) is 6. The Kier molecular flexibility index (Phi) is 4.40. The molecule has 0 bridgehead atoms. The van der Waals surface area contributed by atoms with Gasteiger partial charge in [-0.1, -0.05) is 0 Å². The number of pyridine rings is 1. The fourth-order valence-corrected chi connectivity index (χ4v) is 2.90. The monoisotopic (exact) mass is 388 g/mol. The molecule has 1 fully saturated rings. The molecule has 0 saturated heterocycles. The van der Waals surface area contributed by atoms with Crippen LogP contribution in [-0.4, -0.2) is 42.3 Å². The van der Waals surface area contributed by atoms with Gasteiger partial charge in [0, 0.05) is 12.0 Å². The number of carboxylic acids is 1. The van der Waals surface area contributed by atoms with Gasteiger partial charge >= 0.3 is 5.97 Å². The first kappa shape index (κ1) is 18.2. The van der Waals surface area contributed by atoms with Crippen LogP contribution in [0.15, 0.2) is 12.3 Å². The maximum absolute atomic E-state index is 15.0. The van der Waals surface area contributed by atoms with E-state index in [9.17, 15) is 18.7 Å². The molecule has 146 valence electrons. The molecule has 0 aliphatic heterocycles. The number of carbonyl (C=O) groups is 1. The second kappa shape index (κ2) is 6.77. The number of hydrogen-bond donors (Lipinski definition) is 3. The van der Waals surface area contributed by atoms with Gasteiger partial charge in [-0.25, -0.2) is 23.7 Å². The molecule has 0 aromatic carbocycles. The van der Waals surface area contributed by atoms with Crippen molar-refractivity contribution in [3.8, 4) is 11.5 Å². The van der Waals surface area contributed by atoms with Crippen molar-refractivity contribution in [2.24, 2.45) is 5.92 Å². The molecule has 28 heavy (non-hydrogen) atoms. The molecule has 10 heteroatoms. The van der Waals surface area contributed by atoms with Gasteiger partial charge in [0.15, 0.2) is 23.1 Å². The third-order valence-corrected chi connectivity index (χ3v) is 4.94. The van der Waals surface area contributed by atoms with Gasteiger partial charge in [-0.2, -0.15) is 5.10 Å². The predicted molar refractivity (Wildman–Crippen MR) is 96.7 cm³/mol. The predicted octanol–water partition coefficient (Wildman–Crippen LogP) is 3.09. The fourth-order valence-electron chi connectivity index (χ4n) is 2.90. The van der Waals surface area contributed by atoms with E-state index >= 15 is 0 Å². The topological polar surface area (TPSA) is 117 Å². The largest absolute Gasteiger partial charge is 0.481 e. The van der Waals surface area contributed by atoms with Crippen molar-refractivity contribution in [2.75, 3.05) is 5.32 Å². The molecule has 4 rings (SSSR count). The fraction of sp³-hybridized carbons (Fsp3) is 0.389. The van der Waals surface area contributed by atoms with Gasteiger partial charge in [0.1, 0.15) is 11.5 Å². The van der Waals surface area contributed by atoms with Crippen LogP contribution < -0.4 is 5.32 Å². The Balaban J connectivity index is 1.80. The van der Waals surface area contributed by atoms with Crippen molar-refractivity contribution >= 4 is 22.8 Å². The highest BCUT2D eigenvalue weighted by Gasteiger charge is 2.32. The van der Waals surface area contributed by atoms with E-state index < -0.39 is 29.6 Å². The highest BCUT2D eigenvalue weighted by Crippen LogP contribution is 2.42. The molecule has 0 spiro atoms. The molecule has 1 aliphatic rings. The Morgan fingerprint density at radius 3 is 2.75 bits per heavy atom. The zero-order valence-electron chi connectivity index (χ0n) is 15.2. The summed E-state index contributed by atoms with van der Waals surface area (Å²) >= 11 is 0. The van der Waals surface area contributed by atoms with E-state index in [1.807, 2.05) is 0 Å². The maximum Gasteiger partial charge on any atom is 0.308 e. The van der Waals surface area contributed by atoms with Crippen LogP contribution in [0.3, 0.4) is 0 Å². The zero-order chi connectivity index (χ0) is 20.0. The molecule has 0 radical (unpaired) electrons. The van der Waals surface area contributed by atoms with Crippen molar-refractivity contribution in [1.29, 1.82) is 0 Å². The van der Waals surface area contributed by atoms with Crippen molar-refractivity contribution in [2.45, 2.75) is 38.6 Å². The van der Waals surface area contributed by atoms with E-state index in [4.69, 9.17) is 0 Å². The molecular formula is C18H18F2N6O2. The molecule has 2 atom stereocenters. The summed E-state index contributed by atoms with van der Waals surface area (Å²) in [5.41, 5.74) is 0.875. The van der Waals surface area contributed by atoms with Gasteiger partial charge in [-0.3, -0.25) is 9.89 Å². The number of aliphatic carboxylic acids is 1. The lowest BCUT2D eigenvalue weighted by atomic mass is 10.0. The number of aromatic nitrogens is 5. The van der Waals surface area contributed by atoms with Crippen molar-refractivity contribution < 1.29 is 18.7 Å². The molecular weight excluding hydrogens is 370 g/mol. The number of anilines is 1. The van der Waals surface area contributed by atoms with Crippen LogP contribution in [0.4, 0.5) is 14.6 Å². The number of aromatic amines is 1. The quantitative estimate of drug-likeness (QED) is 0.594. The van der Waals surface area contributed by atoms with E-state index in [-0.39, 0.29) is 23.3 Å². The second-order valence-electron chi connectivity index (χ2n) is 7.05. The van der Waals surface area contributed by atoms with Gasteiger partial charge in [0.25, 0.3) is 0 Å². The summed E-state index contributed by atoms with van der Waals surface area (Å²) in [6, 6.07) is 0.687. The van der Waals surface area contributed by atoms with Gasteiger partial charge in [0.05, 0.1) is 23.2 Å². The summed E-state index contributed by atoms with van der Waals surface area (Å²) in [6.45, 7) is 3.17. The molecule has 1 aliphatic carbocycles. The van der Waals surface area contributed by atoms with Crippen LogP contribution in [-0.2, 0) is 4.79 Å². The lowest BCUT2D eigenvalue weighted by molar-refractivity contribution is -0.141. The smallest absolute Gasteiger partial charge is 0.308 e. The lowest BCUT2D eigenvalue weighted by Gasteiger charge is -2.19. The molecule has 3 N–H and O–H groups in total. The van der Waals surface area contributed by atoms with Crippen molar-refractivity contribution in [3.63, 3.8) is 0 Å². The molecule has 1 unspecified atom stereocenters. The van der Waals surface area contributed by atoms with Crippen LogP contribution in [0.2, 0.25) is 0 Å². The maximum atomic E-state index is 15.0. The van der Waals surface area contributed by atoms with E-state index in [1.165, 1.54) is 13.0 Å². The number of fused-ring (bicyclic) bond motifs is 1. The Morgan fingerprint density at radius 2 is 2.07 bits per heavy atom. The van der Waals surface area contributed by atoms with E-state index in [1.54, 1.807) is 6.92 Å². The standard InChI is InChI=1S/C18H18F2N6O2/c1-7(18(27)28)8(2)22-16-12(20)13(9-3-4-9)23-17(24-16)14-11-5-10(19)6-21-15(11)26-25-14/h5-9H,3-4H2,1-2H3,(H,27,28)(H,21,25,26)(H,22,23,24)/t7?,8-/m0/s1. The van der Waals surface area contributed by atoms with Crippen LogP contribution in [0.5, 0.6) is 0 Å². The Hall–Kier alpha value is -3.17. The van der Waals surface area contributed by atoms with Crippen molar-refractivity contribution in [1.82, 2.24) is 25.1 Å². The summed E-state index contributed by atoms with van der Waals surface area (Å²) in [4.78, 5) is 23.7. The minimum Gasteiger partial charge on any atom is -0.481 e. The number of halogens is 2. The van der Waals surface area contributed by atoms with E-state index in [0.29, 0.717) is 16.7 Å². The van der Waals surface area contributed by atoms with Gasteiger partial charge in [0.2, 0.25) is 0 Å². The summed E-state index contributed by atoms with van der Waals surface area (Å²) in [6.07, 6.45) is 2.68. The zero-order valence-corrected chi connectivity index (χ0v) is 15.2. The average Bonchev–Trinajstić information content (AvgIpc) is 3.42. The van der Waals surface area contributed by atoms with Gasteiger partial charge in [-0.15, -0.1) is 0 Å². The minimum atomic E-state index is -1.00. The van der Waals surface area contributed by atoms with Crippen LogP contribution in [0.1, 0.15) is 38.3 Å². The number of carboxylic acid groups (broad SMARTS) is 1. The number of nitrogens with zero attached hydrogens (tertiary/aromatic N) is 4. The number of H-pyrrole nitrogens is 1. The summed E-state index contributed by atoms with van der Waals surface area (Å²) in [5, 5.41) is 19.2. The summed E-state index contributed by atoms with van der Waals surface area (Å²) in [5.74, 6) is -2.84. The van der Waals surface area contributed by atoms with Crippen LogP contribution in [0, 0.1) is 17.6 Å². The van der Waals surface area contributed by atoms with Crippen LogP contribution >= 0.6 is 0 Å². The number of rotatable bonds is 6. The number of nitrogens with one attached hydrogen (secondary N) is 2. The second-order valence-corrected chi connectivity index (χ2v) is 7.05. The molecule has 3 heterocycles. The van der Waals surface area contributed by atoms with Gasteiger partial charge in [-0.05, 0) is 32.8 Å². The summed E-state index contributed by atoms with van der Waals surface area (Å²) < 4.78 is 28.6. The summed E-state index contributed by atoms with van der Waals surface area (Å²) in [7, 11) is 0. The molecule has 0 amide bonds. The van der Waals surface area contributed by atoms with Crippen LogP contribution in [0.25, 0.3) is 22.6 Å². The Morgan fingerprint density at radius 1 is 1.32 bits per heavy atom. The molecule has 1 saturated carbocycles. The highest BCUT2D eigenvalue weighted by molar-refractivity contribution is 5.88. The minimum absolute atomic E-state index is 0.0152. The first-order chi connectivity index (χ1) is 13.3.